The molecule has 1 saturated heterocycles. The predicted molar refractivity (Wildman–Crippen MR) is 135 cm³/mol. The van der Waals surface area contributed by atoms with E-state index in [9.17, 15) is 9.59 Å². The summed E-state index contributed by atoms with van der Waals surface area (Å²) in [6.45, 7) is 2.37. The fraction of sp³-hybridized carbons (Fsp3) is 0.520. The van der Waals surface area contributed by atoms with Gasteiger partial charge in [0.05, 0.1) is 25.0 Å². The minimum atomic E-state index is -0.117. The van der Waals surface area contributed by atoms with Gasteiger partial charge in [-0.3, -0.25) is 9.59 Å². The highest BCUT2D eigenvalue weighted by molar-refractivity contribution is 5.97. The highest BCUT2D eigenvalue weighted by Gasteiger charge is 2.32. The highest BCUT2D eigenvalue weighted by atomic mass is 16.5. The van der Waals surface area contributed by atoms with Crippen LogP contribution in [0.3, 0.4) is 0 Å². The molecule has 2 fully saturated rings. The number of benzene rings is 1. The van der Waals surface area contributed by atoms with Gasteiger partial charge < -0.3 is 30.1 Å². The van der Waals surface area contributed by atoms with Crippen molar-refractivity contribution in [2.24, 2.45) is 0 Å². The van der Waals surface area contributed by atoms with Gasteiger partial charge in [-0.1, -0.05) is 12.8 Å². The molecule has 0 radical (unpaired) electrons. The number of hydrogen-bond acceptors (Lipinski definition) is 8. The molecule has 1 aromatic carbocycles. The van der Waals surface area contributed by atoms with Crippen molar-refractivity contribution in [3.63, 3.8) is 0 Å². The Labute approximate surface area is 205 Å². The second-order valence-electron chi connectivity index (χ2n) is 9.67. The fourth-order valence-electron chi connectivity index (χ4n) is 5.19. The summed E-state index contributed by atoms with van der Waals surface area (Å²) in [5.41, 5.74) is 1.93. The molecule has 1 aliphatic carbocycles. The van der Waals surface area contributed by atoms with E-state index in [1.807, 2.05) is 7.05 Å². The van der Waals surface area contributed by atoms with Gasteiger partial charge in [-0.15, -0.1) is 0 Å². The van der Waals surface area contributed by atoms with Gasteiger partial charge in [0.2, 0.25) is 11.9 Å². The fourth-order valence-corrected chi connectivity index (χ4v) is 5.19. The van der Waals surface area contributed by atoms with Crippen molar-refractivity contribution in [2.45, 2.75) is 44.2 Å². The molecule has 3 aliphatic rings. The Bertz CT molecular complexity index is 1110. The van der Waals surface area contributed by atoms with Crippen molar-refractivity contribution in [1.82, 2.24) is 20.2 Å². The van der Waals surface area contributed by atoms with Crippen LogP contribution in [0.2, 0.25) is 0 Å². The third-order valence-corrected chi connectivity index (χ3v) is 7.20. The number of ether oxygens (including phenoxy) is 1. The van der Waals surface area contributed by atoms with Gasteiger partial charge in [0.1, 0.15) is 11.4 Å². The molecule has 2 aromatic rings. The standard InChI is InChI=1S/C25H33N7O3/c1-30-14-17(15-30)27-24(34)16-8-9-19(21(12-16)35-3)28-25-26-13-20-23(29-25)32(18-6-4-5-7-18)11-10-22(33)31(20)2/h8-9,12-13,17-18H,4-7,10-11,14-15H2,1-3H3,(H,27,34)(H,26,28,29). The molecule has 2 N–H and O–H groups in total. The molecule has 35 heavy (non-hydrogen) atoms. The normalized spacial score (nSPS) is 19.2. The van der Waals surface area contributed by atoms with Crippen LogP contribution in [0.25, 0.3) is 0 Å². The third kappa shape index (κ3) is 4.75. The first-order valence-corrected chi connectivity index (χ1v) is 12.3. The number of methoxy groups -OCH3 is 1. The SMILES string of the molecule is COc1cc(C(=O)NC2CN(C)C2)ccc1Nc1ncc2c(n1)N(C1CCCC1)CCC(=O)N2C. The van der Waals surface area contributed by atoms with E-state index in [4.69, 9.17) is 9.72 Å². The summed E-state index contributed by atoms with van der Waals surface area (Å²) < 4.78 is 5.57. The summed E-state index contributed by atoms with van der Waals surface area (Å²) in [6, 6.07) is 5.86. The predicted octanol–water partition coefficient (Wildman–Crippen LogP) is 2.39. The van der Waals surface area contributed by atoms with Crippen LogP contribution >= 0.6 is 0 Å². The second-order valence-corrected chi connectivity index (χ2v) is 9.67. The minimum Gasteiger partial charge on any atom is -0.495 e. The third-order valence-electron chi connectivity index (χ3n) is 7.20. The molecule has 5 rings (SSSR count). The zero-order valence-electron chi connectivity index (χ0n) is 20.6. The first kappa shape index (κ1) is 23.3. The summed E-state index contributed by atoms with van der Waals surface area (Å²) in [4.78, 5) is 40.6. The summed E-state index contributed by atoms with van der Waals surface area (Å²) in [7, 11) is 5.38. The first-order valence-electron chi connectivity index (χ1n) is 12.3. The molecular weight excluding hydrogens is 446 g/mol. The number of likely N-dealkylation sites (N-methyl/N-ethyl adjacent to an activating group) is 1. The number of hydrogen-bond donors (Lipinski definition) is 2. The lowest BCUT2D eigenvalue weighted by molar-refractivity contribution is -0.118. The monoisotopic (exact) mass is 479 g/mol. The quantitative estimate of drug-likeness (QED) is 0.651. The number of aromatic nitrogens is 2. The van der Waals surface area contributed by atoms with E-state index in [-0.39, 0.29) is 17.9 Å². The average molecular weight is 480 g/mol. The van der Waals surface area contributed by atoms with E-state index in [1.165, 1.54) is 12.8 Å². The van der Waals surface area contributed by atoms with Crippen LogP contribution in [-0.4, -0.2) is 79.6 Å². The molecule has 3 heterocycles. The van der Waals surface area contributed by atoms with Crippen LogP contribution in [0.4, 0.5) is 23.1 Å². The lowest BCUT2D eigenvalue weighted by atomic mass is 10.1. The smallest absolute Gasteiger partial charge is 0.251 e. The van der Waals surface area contributed by atoms with Crippen LogP contribution in [0, 0.1) is 0 Å². The molecule has 0 atom stereocenters. The highest BCUT2D eigenvalue weighted by Crippen LogP contribution is 2.37. The topological polar surface area (TPSA) is 103 Å². The van der Waals surface area contributed by atoms with E-state index in [0.717, 1.165) is 37.4 Å². The van der Waals surface area contributed by atoms with Crippen LogP contribution in [-0.2, 0) is 4.79 Å². The van der Waals surface area contributed by atoms with Crippen LogP contribution < -0.4 is 25.2 Å². The van der Waals surface area contributed by atoms with Crippen LogP contribution in [0.15, 0.2) is 24.4 Å². The van der Waals surface area contributed by atoms with Crippen molar-refractivity contribution >= 4 is 35.0 Å². The lowest BCUT2D eigenvalue weighted by Crippen LogP contribution is -2.57. The van der Waals surface area contributed by atoms with Crippen LogP contribution in [0.1, 0.15) is 42.5 Å². The van der Waals surface area contributed by atoms with Gasteiger partial charge in [-0.05, 0) is 38.1 Å². The van der Waals surface area contributed by atoms with Crippen LogP contribution in [0.5, 0.6) is 5.75 Å². The Kier molecular flexibility index (Phi) is 6.46. The summed E-state index contributed by atoms with van der Waals surface area (Å²) in [5, 5.41) is 6.29. The van der Waals surface area contributed by atoms with E-state index in [2.05, 4.69) is 25.4 Å². The number of nitrogens with zero attached hydrogens (tertiary/aromatic N) is 5. The van der Waals surface area contributed by atoms with E-state index in [1.54, 1.807) is 43.5 Å². The molecule has 2 amide bonds. The molecule has 10 heteroatoms. The molecule has 2 aliphatic heterocycles. The first-order chi connectivity index (χ1) is 16.9. The van der Waals surface area contributed by atoms with E-state index in [0.29, 0.717) is 42.0 Å². The zero-order chi connectivity index (χ0) is 24.5. The van der Waals surface area contributed by atoms with Crippen molar-refractivity contribution in [3.8, 4) is 5.75 Å². The van der Waals surface area contributed by atoms with Crippen molar-refractivity contribution < 1.29 is 14.3 Å². The molecule has 10 nitrogen and oxygen atoms in total. The van der Waals surface area contributed by atoms with Gasteiger partial charge in [0.15, 0.2) is 5.82 Å². The minimum absolute atomic E-state index is 0.0696. The average Bonchev–Trinajstić information content (AvgIpc) is 3.34. The maximum atomic E-state index is 12.6. The number of nitrogens with one attached hydrogen (secondary N) is 2. The number of carbonyl (C=O) groups excluding carboxylic acids is 2. The Morgan fingerprint density at radius 2 is 1.94 bits per heavy atom. The molecule has 0 spiro atoms. The Balaban J connectivity index is 1.39. The molecule has 186 valence electrons. The molecule has 1 aromatic heterocycles. The van der Waals surface area contributed by atoms with Gasteiger partial charge in [0.25, 0.3) is 5.91 Å². The Morgan fingerprint density at radius 3 is 2.66 bits per heavy atom. The lowest BCUT2D eigenvalue weighted by Gasteiger charge is -2.36. The van der Waals surface area contributed by atoms with E-state index < -0.39 is 0 Å². The number of rotatable bonds is 6. The number of carbonyl (C=O) groups is 2. The summed E-state index contributed by atoms with van der Waals surface area (Å²) in [5.74, 6) is 1.68. The van der Waals surface area contributed by atoms with Crippen molar-refractivity contribution in [1.29, 1.82) is 0 Å². The second kappa shape index (κ2) is 9.69. The Hall–Kier alpha value is -3.40. The van der Waals surface area contributed by atoms with Gasteiger partial charge in [-0.25, -0.2) is 4.98 Å². The molecular formula is C25H33N7O3. The number of likely N-dealkylation sites (tertiary alicyclic amines) is 1. The molecule has 1 saturated carbocycles. The van der Waals surface area contributed by atoms with Gasteiger partial charge in [0, 0.05) is 44.7 Å². The van der Waals surface area contributed by atoms with Crippen molar-refractivity contribution in [2.75, 3.05) is 56.0 Å². The zero-order valence-corrected chi connectivity index (χ0v) is 20.6. The Morgan fingerprint density at radius 1 is 1.17 bits per heavy atom. The molecule has 0 bridgehead atoms. The molecule has 0 unspecified atom stereocenters. The summed E-state index contributed by atoms with van der Waals surface area (Å²) >= 11 is 0. The van der Waals surface area contributed by atoms with Crippen molar-refractivity contribution in [3.05, 3.63) is 30.0 Å². The van der Waals surface area contributed by atoms with Gasteiger partial charge in [-0.2, -0.15) is 4.98 Å². The maximum absolute atomic E-state index is 12.6. The number of anilines is 4. The van der Waals surface area contributed by atoms with E-state index >= 15 is 0 Å². The van der Waals surface area contributed by atoms with Gasteiger partial charge >= 0.3 is 0 Å². The number of amides is 2. The maximum Gasteiger partial charge on any atom is 0.251 e. The summed E-state index contributed by atoms with van der Waals surface area (Å²) in [6.07, 6.45) is 6.79. The number of fused-ring (bicyclic) bond motifs is 1. The largest absolute Gasteiger partial charge is 0.495 e.